The van der Waals surface area contributed by atoms with E-state index in [1.54, 1.807) is 0 Å². The Morgan fingerprint density at radius 3 is 2.54 bits per heavy atom. The quantitative estimate of drug-likeness (QED) is 0.826. The first-order valence-electron chi connectivity index (χ1n) is 10.7. The number of aromatic nitrogens is 4. The zero-order chi connectivity index (χ0) is 18.8. The molecule has 2 saturated heterocycles. The number of nitrogens with zero attached hydrogens (tertiary/aromatic N) is 6. The van der Waals surface area contributed by atoms with E-state index in [-0.39, 0.29) is 0 Å². The van der Waals surface area contributed by atoms with Gasteiger partial charge in [-0.25, -0.2) is 14.6 Å². The molecule has 4 heterocycles. The highest BCUT2D eigenvalue weighted by molar-refractivity contribution is 5.74. The molecule has 1 N–H and O–H groups in total. The summed E-state index contributed by atoms with van der Waals surface area (Å²) in [6, 6.07) is 0.472. The molecule has 0 bridgehead atoms. The van der Waals surface area contributed by atoms with Crippen molar-refractivity contribution in [3.05, 3.63) is 0 Å². The molecule has 28 heavy (non-hydrogen) atoms. The van der Waals surface area contributed by atoms with E-state index >= 15 is 0 Å². The largest absolute Gasteiger partial charge is 0.379 e. The first kappa shape index (κ1) is 18.1. The van der Waals surface area contributed by atoms with Crippen LogP contribution in [0.2, 0.25) is 0 Å². The number of rotatable bonds is 5. The second-order valence-electron chi connectivity index (χ2n) is 8.30. The summed E-state index contributed by atoms with van der Waals surface area (Å²) in [4.78, 5) is 14.4. The number of anilines is 2. The molecular formula is C19H29N7O2. The SMILES string of the molecule is C1CCC(Nc2nc3nonc3nc2N2CCC[C@H](CN3CCOCC3)C2)C1. The highest BCUT2D eigenvalue weighted by atomic mass is 16.6. The van der Waals surface area contributed by atoms with Crippen molar-refractivity contribution in [2.24, 2.45) is 5.92 Å². The zero-order valence-corrected chi connectivity index (χ0v) is 16.3. The molecule has 9 heteroatoms. The van der Waals surface area contributed by atoms with E-state index in [1.165, 1.54) is 38.5 Å². The zero-order valence-electron chi connectivity index (χ0n) is 16.3. The van der Waals surface area contributed by atoms with Crippen LogP contribution in [0.15, 0.2) is 4.63 Å². The predicted octanol–water partition coefficient (Wildman–Crippen LogP) is 1.92. The van der Waals surface area contributed by atoms with Gasteiger partial charge in [-0.2, -0.15) is 0 Å². The van der Waals surface area contributed by atoms with Crippen LogP contribution in [-0.4, -0.2) is 77.2 Å². The van der Waals surface area contributed by atoms with Crippen molar-refractivity contribution in [3.8, 4) is 0 Å². The van der Waals surface area contributed by atoms with Gasteiger partial charge in [0.25, 0.3) is 0 Å². The van der Waals surface area contributed by atoms with Gasteiger partial charge in [0.05, 0.1) is 13.2 Å². The maximum Gasteiger partial charge on any atom is 0.245 e. The summed E-state index contributed by atoms with van der Waals surface area (Å²) in [5.74, 6) is 2.38. The van der Waals surface area contributed by atoms with E-state index in [2.05, 4.69) is 25.4 Å². The second-order valence-corrected chi connectivity index (χ2v) is 8.30. The van der Waals surface area contributed by atoms with Crippen molar-refractivity contribution in [1.82, 2.24) is 25.2 Å². The molecule has 1 atom stereocenters. The number of morpholine rings is 1. The number of hydrogen-bond donors (Lipinski definition) is 1. The number of hydrogen-bond acceptors (Lipinski definition) is 9. The van der Waals surface area contributed by atoms with Crippen LogP contribution in [0, 0.1) is 5.92 Å². The minimum atomic E-state index is 0.472. The Labute approximate surface area is 164 Å². The smallest absolute Gasteiger partial charge is 0.245 e. The molecule has 1 aliphatic carbocycles. The molecule has 0 spiro atoms. The average molecular weight is 387 g/mol. The molecule has 2 aromatic heterocycles. The van der Waals surface area contributed by atoms with Gasteiger partial charge in [0.15, 0.2) is 11.6 Å². The third-order valence-electron chi connectivity index (χ3n) is 6.23. The summed E-state index contributed by atoms with van der Waals surface area (Å²) >= 11 is 0. The second kappa shape index (κ2) is 8.16. The lowest BCUT2D eigenvalue weighted by molar-refractivity contribution is 0.0296. The van der Waals surface area contributed by atoms with Crippen LogP contribution in [0.3, 0.4) is 0 Å². The van der Waals surface area contributed by atoms with Crippen molar-refractivity contribution in [3.63, 3.8) is 0 Å². The molecule has 0 radical (unpaired) electrons. The molecule has 2 aliphatic heterocycles. The van der Waals surface area contributed by atoms with Crippen LogP contribution in [0.4, 0.5) is 11.6 Å². The molecular weight excluding hydrogens is 358 g/mol. The van der Waals surface area contributed by atoms with Crippen LogP contribution >= 0.6 is 0 Å². The monoisotopic (exact) mass is 387 g/mol. The summed E-state index contributed by atoms with van der Waals surface area (Å²) in [6.45, 7) is 6.93. The fourth-order valence-electron chi connectivity index (χ4n) is 4.77. The Balaban J connectivity index is 1.35. The fraction of sp³-hybridized carbons (Fsp3) is 0.789. The van der Waals surface area contributed by atoms with Gasteiger partial charge in [-0.1, -0.05) is 12.8 Å². The van der Waals surface area contributed by atoms with Gasteiger partial charge in [0.2, 0.25) is 11.3 Å². The maximum absolute atomic E-state index is 5.49. The van der Waals surface area contributed by atoms with E-state index in [9.17, 15) is 0 Å². The van der Waals surface area contributed by atoms with Gasteiger partial charge in [0.1, 0.15) is 0 Å². The molecule has 152 valence electrons. The molecule has 3 aliphatic rings. The van der Waals surface area contributed by atoms with Crippen LogP contribution in [-0.2, 0) is 4.74 Å². The third-order valence-corrected chi connectivity index (χ3v) is 6.23. The van der Waals surface area contributed by atoms with Gasteiger partial charge in [-0.15, -0.1) is 0 Å². The molecule has 2 aromatic rings. The van der Waals surface area contributed by atoms with E-state index in [1.807, 2.05) is 0 Å². The highest BCUT2D eigenvalue weighted by Gasteiger charge is 2.28. The van der Waals surface area contributed by atoms with Crippen LogP contribution in [0.5, 0.6) is 0 Å². The first-order valence-corrected chi connectivity index (χ1v) is 10.7. The van der Waals surface area contributed by atoms with Crippen molar-refractivity contribution < 1.29 is 9.37 Å². The summed E-state index contributed by atoms with van der Waals surface area (Å²) in [5.41, 5.74) is 0.966. The minimum absolute atomic E-state index is 0.472. The van der Waals surface area contributed by atoms with Gasteiger partial charge >= 0.3 is 0 Å². The predicted molar refractivity (Wildman–Crippen MR) is 105 cm³/mol. The minimum Gasteiger partial charge on any atom is -0.379 e. The summed E-state index contributed by atoms with van der Waals surface area (Å²) in [6.07, 6.45) is 7.37. The topological polar surface area (TPSA) is 92.4 Å². The van der Waals surface area contributed by atoms with Gasteiger partial charge in [-0.3, -0.25) is 4.90 Å². The van der Waals surface area contributed by atoms with E-state index in [4.69, 9.17) is 19.3 Å². The molecule has 0 aromatic carbocycles. The molecule has 1 saturated carbocycles. The Bertz CT molecular complexity index is 786. The van der Waals surface area contributed by atoms with E-state index < -0.39 is 0 Å². The standard InChI is InChI=1S/C19H29N7O2/c1-2-6-15(5-1)20-18-19(22-17-16(21-18)23-28-24-17)26-7-3-4-14(13-26)12-25-8-10-27-11-9-25/h14-15H,1-13H2,(H,20,21,23)/t14-/m1/s1. The Morgan fingerprint density at radius 1 is 0.929 bits per heavy atom. The number of fused-ring (bicyclic) bond motifs is 1. The van der Waals surface area contributed by atoms with Crippen molar-refractivity contribution in [2.45, 2.75) is 44.6 Å². The Hall–Kier alpha value is -2.00. The van der Waals surface area contributed by atoms with Crippen molar-refractivity contribution in [1.29, 1.82) is 0 Å². The van der Waals surface area contributed by atoms with Crippen LogP contribution in [0.25, 0.3) is 11.3 Å². The highest BCUT2D eigenvalue weighted by Crippen LogP contribution is 2.31. The molecule has 5 rings (SSSR count). The average Bonchev–Trinajstić information content (AvgIpc) is 3.40. The molecule has 0 unspecified atom stereocenters. The summed E-state index contributed by atoms with van der Waals surface area (Å²) in [7, 11) is 0. The van der Waals surface area contributed by atoms with E-state index in [0.717, 1.165) is 57.6 Å². The lowest BCUT2D eigenvalue weighted by Crippen LogP contribution is -2.45. The molecule has 9 nitrogen and oxygen atoms in total. The van der Waals surface area contributed by atoms with Crippen molar-refractivity contribution in [2.75, 3.05) is 56.2 Å². The van der Waals surface area contributed by atoms with Crippen molar-refractivity contribution >= 4 is 22.9 Å². The third kappa shape index (κ3) is 3.91. The van der Waals surface area contributed by atoms with E-state index in [0.29, 0.717) is 23.3 Å². The van der Waals surface area contributed by atoms with Gasteiger partial charge in [-0.05, 0) is 41.9 Å². The lowest BCUT2D eigenvalue weighted by atomic mass is 9.97. The summed E-state index contributed by atoms with van der Waals surface area (Å²) in [5, 5.41) is 11.5. The Morgan fingerprint density at radius 2 is 1.71 bits per heavy atom. The van der Waals surface area contributed by atoms with Gasteiger partial charge < -0.3 is 15.0 Å². The maximum atomic E-state index is 5.49. The first-order chi connectivity index (χ1) is 13.8. The molecule has 3 fully saturated rings. The van der Waals surface area contributed by atoms with Gasteiger partial charge in [0, 0.05) is 38.8 Å². The van der Waals surface area contributed by atoms with Crippen LogP contribution < -0.4 is 10.2 Å². The number of ether oxygens (including phenoxy) is 1. The number of piperidine rings is 1. The van der Waals surface area contributed by atoms with Crippen LogP contribution in [0.1, 0.15) is 38.5 Å². The molecule has 0 amide bonds. The lowest BCUT2D eigenvalue weighted by Gasteiger charge is -2.37. The number of nitrogens with one attached hydrogen (secondary N) is 1. The fourth-order valence-corrected chi connectivity index (χ4v) is 4.77. The normalized spacial score (nSPS) is 24.9. The Kier molecular flexibility index (Phi) is 5.26. The summed E-state index contributed by atoms with van der Waals surface area (Å²) < 4.78 is 10.4.